The molecule has 0 aliphatic heterocycles. The Labute approximate surface area is 157 Å². The molecule has 0 aliphatic carbocycles. The second-order valence-electron chi connectivity index (χ2n) is 6.03. The van der Waals surface area contributed by atoms with Gasteiger partial charge in [-0.3, -0.25) is 9.89 Å². The number of nitrogens with two attached hydrogens (primary N) is 2. The van der Waals surface area contributed by atoms with Crippen LogP contribution in [0.1, 0.15) is 15.9 Å². The summed E-state index contributed by atoms with van der Waals surface area (Å²) in [5.41, 5.74) is 15.4. The van der Waals surface area contributed by atoms with Crippen LogP contribution in [0.25, 0.3) is 10.9 Å². The first kappa shape index (κ1) is 18.0. The van der Waals surface area contributed by atoms with Crippen LogP contribution in [0.15, 0.2) is 79.0 Å². The van der Waals surface area contributed by atoms with E-state index in [1.165, 1.54) is 6.20 Å². The van der Waals surface area contributed by atoms with Crippen molar-refractivity contribution in [2.24, 2.45) is 5.73 Å². The fourth-order valence-electron chi connectivity index (χ4n) is 2.77. The Morgan fingerprint density at radius 1 is 1.22 bits per heavy atom. The number of aromatic nitrogens is 2. The lowest BCUT2D eigenvalue weighted by molar-refractivity contribution is 0.102. The minimum Gasteiger partial charge on any atom is -0.405 e. The number of rotatable bonds is 6. The zero-order chi connectivity index (χ0) is 19.2. The number of nitrogens with one attached hydrogen (secondary N) is 2. The molecule has 27 heavy (non-hydrogen) atoms. The van der Waals surface area contributed by atoms with Gasteiger partial charge in [-0.05, 0) is 60.2 Å². The molecule has 1 amide bonds. The fraction of sp³-hybridized carbons (Fsp3) is 0.0476. The number of benzene rings is 2. The van der Waals surface area contributed by atoms with E-state index in [0.717, 1.165) is 28.5 Å². The van der Waals surface area contributed by atoms with Crippen LogP contribution in [0, 0.1) is 0 Å². The summed E-state index contributed by atoms with van der Waals surface area (Å²) in [6.45, 7) is 3.71. The van der Waals surface area contributed by atoms with E-state index in [1.807, 2.05) is 36.4 Å². The molecular formula is C21H21N5O. The van der Waals surface area contributed by atoms with Gasteiger partial charge in [-0.15, -0.1) is 0 Å². The summed E-state index contributed by atoms with van der Waals surface area (Å²) < 4.78 is 0. The van der Waals surface area contributed by atoms with E-state index < -0.39 is 0 Å². The molecule has 1 aromatic heterocycles. The number of hydrogen-bond donors (Lipinski definition) is 4. The van der Waals surface area contributed by atoms with Crippen molar-refractivity contribution < 1.29 is 4.79 Å². The van der Waals surface area contributed by atoms with Crippen LogP contribution in [-0.2, 0) is 6.42 Å². The van der Waals surface area contributed by atoms with Crippen molar-refractivity contribution in [2.45, 2.75) is 6.42 Å². The number of carbonyl (C=O) groups is 1. The fourth-order valence-corrected chi connectivity index (χ4v) is 2.77. The molecule has 0 fully saturated rings. The first-order valence-electron chi connectivity index (χ1n) is 8.44. The zero-order valence-electron chi connectivity index (χ0n) is 14.8. The van der Waals surface area contributed by atoms with Crippen molar-refractivity contribution in [1.82, 2.24) is 10.2 Å². The smallest absolute Gasteiger partial charge is 0.255 e. The molecule has 6 N–H and O–H groups in total. The highest BCUT2D eigenvalue weighted by molar-refractivity contribution is 6.07. The van der Waals surface area contributed by atoms with Crippen LogP contribution in [0.4, 0.5) is 11.5 Å². The van der Waals surface area contributed by atoms with E-state index >= 15 is 0 Å². The van der Waals surface area contributed by atoms with Gasteiger partial charge < -0.3 is 16.8 Å². The molecule has 1 heterocycles. The largest absolute Gasteiger partial charge is 0.405 e. The van der Waals surface area contributed by atoms with Crippen LogP contribution in [0.2, 0.25) is 0 Å². The van der Waals surface area contributed by atoms with E-state index in [1.54, 1.807) is 24.3 Å². The molecule has 3 aromatic rings. The number of amides is 1. The van der Waals surface area contributed by atoms with Gasteiger partial charge in [0.15, 0.2) is 5.82 Å². The monoisotopic (exact) mass is 359 g/mol. The summed E-state index contributed by atoms with van der Waals surface area (Å²) in [6.07, 6.45) is 7.72. The van der Waals surface area contributed by atoms with Gasteiger partial charge in [-0.25, -0.2) is 0 Å². The molecule has 136 valence electrons. The third kappa shape index (κ3) is 4.24. The number of hydrogen-bond acceptors (Lipinski definition) is 4. The lowest BCUT2D eigenvalue weighted by atomic mass is 10.0. The number of fused-ring (bicyclic) bond motifs is 1. The van der Waals surface area contributed by atoms with Crippen LogP contribution in [-0.4, -0.2) is 16.1 Å². The molecule has 6 heteroatoms. The van der Waals surface area contributed by atoms with Crippen LogP contribution >= 0.6 is 0 Å². The SMILES string of the molecule is C=C/C=C(\C=C/N)Cc1ccc(NC(=O)c2ccc3[nH]nc(N)c3c2)cc1. The molecule has 6 nitrogen and oxygen atoms in total. The minimum atomic E-state index is -0.205. The van der Waals surface area contributed by atoms with Crippen LogP contribution < -0.4 is 16.8 Å². The van der Waals surface area contributed by atoms with Gasteiger partial charge in [0.05, 0.1) is 5.52 Å². The third-order valence-electron chi connectivity index (χ3n) is 4.12. The van der Waals surface area contributed by atoms with Gasteiger partial charge in [0.25, 0.3) is 5.91 Å². The topological polar surface area (TPSA) is 110 Å². The predicted molar refractivity (Wildman–Crippen MR) is 110 cm³/mol. The normalized spacial score (nSPS) is 11.8. The van der Waals surface area contributed by atoms with Gasteiger partial charge in [0.2, 0.25) is 0 Å². The lowest BCUT2D eigenvalue weighted by Gasteiger charge is -2.07. The second-order valence-corrected chi connectivity index (χ2v) is 6.03. The predicted octanol–water partition coefficient (Wildman–Crippen LogP) is 3.52. The van der Waals surface area contributed by atoms with E-state index in [0.29, 0.717) is 17.1 Å². The zero-order valence-corrected chi connectivity index (χ0v) is 14.8. The summed E-state index contributed by atoms with van der Waals surface area (Å²) in [6, 6.07) is 12.9. The highest BCUT2D eigenvalue weighted by Gasteiger charge is 2.10. The number of nitrogen functional groups attached to an aromatic ring is 1. The van der Waals surface area contributed by atoms with Crippen LogP contribution in [0.5, 0.6) is 0 Å². The van der Waals surface area contributed by atoms with Gasteiger partial charge in [0, 0.05) is 16.6 Å². The summed E-state index contributed by atoms with van der Waals surface area (Å²) >= 11 is 0. The van der Waals surface area contributed by atoms with E-state index in [2.05, 4.69) is 22.1 Å². The summed E-state index contributed by atoms with van der Waals surface area (Å²) in [7, 11) is 0. The van der Waals surface area contributed by atoms with Gasteiger partial charge in [-0.1, -0.05) is 30.9 Å². The van der Waals surface area contributed by atoms with Crippen molar-refractivity contribution in [1.29, 1.82) is 0 Å². The van der Waals surface area contributed by atoms with Crippen molar-refractivity contribution >= 4 is 28.3 Å². The molecule has 2 aromatic carbocycles. The minimum absolute atomic E-state index is 0.205. The van der Waals surface area contributed by atoms with Gasteiger partial charge in [-0.2, -0.15) is 5.10 Å². The van der Waals surface area contributed by atoms with Crippen LogP contribution in [0.3, 0.4) is 0 Å². The van der Waals surface area contributed by atoms with Crippen molar-refractivity contribution in [3.8, 4) is 0 Å². The highest BCUT2D eigenvalue weighted by atomic mass is 16.1. The molecule has 0 aliphatic rings. The molecular weight excluding hydrogens is 338 g/mol. The van der Waals surface area contributed by atoms with E-state index in [4.69, 9.17) is 11.5 Å². The Morgan fingerprint density at radius 2 is 2.00 bits per heavy atom. The maximum absolute atomic E-state index is 12.5. The van der Waals surface area contributed by atoms with E-state index in [-0.39, 0.29) is 5.91 Å². The maximum Gasteiger partial charge on any atom is 0.255 e. The Hall–Kier alpha value is -3.80. The quantitative estimate of drug-likeness (QED) is 0.505. The maximum atomic E-state index is 12.5. The Balaban J connectivity index is 1.71. The molecule has 0 spiro atoms. The number of carbonyl (C=O) groups excluding carboxylic acids is 1. The number of aromatic amines is 1. The summed E-state index contributed by atoms with van der Waals surface area (Å²) in [5.74, 6) is 0.169. The number of nitrogens with zero attached hydrogens (tertiary/aromatic N) is 1. The molecule has 0 saturated carbocycles. The Bertz CT molecular complexity index is 1030. The summed E-state index contributed by atoms with van der Waals surface area (Å²) in [4.78, 5) is 12.5. The first-order chi connectivity index (χ1) is 13.1. The average Bonchev–Trinajstić information content (AvgIpc) is 3.04. The number of anilines is 2. The van der Waals surface area contributed by atoms with Crippen molar-refractivity contribution in [3.05, 3.63) is 90.2 Å². The Kier molecular flexibility index (Phi) is 5.37. The third-order valence-corrected chi connectivity index (χ3v) is 4.12. The van der Waals surface area contributed by atoms with E-state index in [9.17, 15) is 4.79 Å². The average molecular weight is 359 g/mol. The lowest BCUT2D eigenvalue weighted by Crippen LogP contribution is -2.11. The first-order valence-corrected chi connectivity index (χ1v) is 8.44. The Morgan fingerprint density at radius 3 is 2.70 bits per heavy atom. The summed E-state index contributed by atoms with van der Waals surface area (Å²) in [5, 5.41) is 10.4. The molecule has 3 rings (SSSR count). The van der Waals surface area contributed by atoms with Gasteiger partial charge >= 0.3 is 0 Å². The second kappa shape index (κ2) is 8.05. The highest BCUT2D eigenvalue weighted by Crippen LogP contribution is 2.20. The van der Waals surface area contributed by atoms with Crippen molar-refractivity contribution in [2.75, 3.05) is 11.1 Å². The van der Waals surface area contributed by atoms with Gasteiger partial charge in [0.1, 0.15) is 0 Å². The molecule has 0 atom stereocenters. The molecule has 0 unspecified atom stereocenters. The molecule has 0 saturated heterocycles. The van der Waals surface area contributed by atoms with Crippen molar-refractivity contribution in [3.63, 3.8) is 0 Å². The molecule has 0 bridgehead atoms. The number of H-pyrrole nitrogens is 1. The number of allylic oxidation sites excluding steroid dienone is 4. The standard InChI is InChI=1S/C21H21N5O/c1-2-3-14(10-11-22)12-15-4-7-17(8-5-15)24-21(27)16-6-9-19-18(13-16)20(23)26-25-19/h2-11,13H,1,12,22H2,(H,24,27)(H3,23,25,26)/b11-10-,14-3+. The molecule has 0 radical (unpaired) electrons.